The lowest BCUT2D eigenvalue weighted by molar-refractivity contribution is 0.476. The third-order valence-corrected chi connectivity index (χ3v) is 4.15. The van der Waals surface area contributed by atoms with Gasteiger partial charge in [-0.1, -0.05) is 12.1 Å². The number of hydrogen-bond acceptors (Lipinski definition) is 4. The zero-order valence-electron chi connectivity index (χ0n) is 9.29. The average Bonchev–Trinajstić information content (AvgIpc) is 2.35. The van der Waals surface area contributed by atoms with E-state index in [1.54, 1.807) is 12.1 Å². The molecule has 0 saturated carbocycles. The van der Waals surface area contributed by atoms with Crippen LogP contribution in [0.5, 0.6) is 0 Å². The number of nitrogens with zero attached hydrogens (tertiary/aromatic N) is 3. The van der Waals surface area contributed by atoms with Gasteiger partial charge in [-0.15, -0.1) is 0 Å². The predicted octanol–water partition coefficient (Wildman–Crippen LogP) is 1.09. The number of sulfonamides is 1. The van der Waals surface area contributed by atoms with Crippen molar-refractivity contribution < 1.29 is 8.42 Å². The molecule has 1 aromatic carbocycles. The highest BCUT2D eigenvalue weighted by Crippen LogP contribution is 2.18. The number of benzene rings is 1. The average molecular weight is 249 g/mol. The van der Waals surface area contributed by atoms with Gasteiger partial charge >= 0.3 is 0 Å². The lowest BCUT2D eigenvalue weighted by Crippen LogP contribution is -2.28. The molecule has 0 aliphatic heterocycles. The first-order valence-corrected chi connectivity index (χ1v) is 6.30. The van der Waals surface area contributed by atoms with Crippen LogP contribution in [0.4, 0.5) is 0 Å². The Hall–Kier alpha value is -1.89. The normalized spacial score (nSPS) is 10.8. The summed E-state index contributed by atoms with van der Waals surface area (Å²) in [7, 11) is -2.30. The molecule has 88 valence electrons. The molecule has 0 spiro atoms. The van der Waals surface area contributed by atoms with Crippen molar-refractivity contribution in [3.8, 4) is 12.1 Å². The van der Waals surface area contributed by atoms with E-state index in [4.69, 9.17) is 10.5 Å². The second-order valence-corrected chi connectivity index (χ2v) is 5.36. The Kier molecular flexibility index (Phi) is 4.22. The van der Waals surface area contributed by atoms with Crippen LogP contribution in [0.3, 0.4) is 0 Å². The molecule has 0 fully saturated rings. The predicted molar refractivity (Wildman–Crippen MR) is 61.2 cm³/mol. The Morgan fingerprint density at radius 2 is 1.94 bits per heavy atom. The van der Waals surface area contributed by atoms with Gasteiger partial charge in [-0.25, -0.2) is 8.42 Å². The highest BCUT2D eigenvalue weighted by atomic mass is 32.2. The minimum absolute atomic E-state index is 0.0251. The Balaban J connectivity index is 3.15. The van der Waals surface area contributed by atoms with Crippen molar-refractivity contribution in [3.05, 3.63) is 29.8 Å². The van der Waals surface area contributed by atoms with Crippen LogP contribution in [0, 0.1) is 22.7 Å². The minimum Gasteiger partial charge on any atom is -0.207 e. The van der Waals surface area contributed by atoms with Crippen molar-refractivity contribution in [2.75, 3.05) is 13.6 Å². The molecule has 1 aromatic rings. The smallest absolute Gasteiger partial charge is 0.207 e. The largest absolute Gasteiger partial charge is 0.244 e. The van der Waals surface area contributed by atoms with Crippen LogP contribution in [-0.2, 0) is 10.0 Å². The van der Waals surface area contributed by atoms with Crippen LogP contribution in [0.15, 0.2) is 29.2 Å². The van der Waals surface area contributed by atoms with Crippen LogP contribution in [0.25, 0.3) is 0 Å². The standard InChI is InChI=1S/C11H11N3O2S/c1-14(8-4-7-12)17(15,16)11-6-3-2-5-10(11)9-13/h2-3,5-6H,4,8H2,1H3. The summed E-state index contributed by atoms with van der Waals surface area (Å²) >= 11 is 0. The third kappa shape index (κ3) is 2.82. The zero-order valence-corrected chi connectivity index (χ0v) is 10.1. The maximum absolute atomic E-state index is 12.1. The van der Waals surface area contributed by atoms with Crippen LogP contribution < -0.4 is 0 Å². The first kappa shape index (κ1) is 13.2. The molecule has 0 amide bonds. The summed E-state index contributed by atoms with van der Waals surface area (Å²) in [6, 6.07) is 9.72. The molecule has 0 N–H and O–H groups in total. The molecule has 0 aliphatic rings. The maximum Gasteiger partial charge on any atom is 0.244 e. The first-order chi connectivity index (χ1) is 8.04. The van der Waals surface area contributed by atoms with Crippen LogP contribution in [0.2, 0.25) is 0 Å². The summed E-state index contributed by atoms with van der Waals surface area (Å²) in [5.41, 5.74) is 0.108. The van der Waals surface area contributed by atoms with Crippen LogP contribution in [-0.4, -0.2) is 26.3 Å². The molecular weight excluding hydrogens is 238 g/mol. The van der Waals surface area contributed by atoms with E-state index in [-0.39, 0.29) is 23.4 Å². The van der Waals surface area contributed by atoms with Crippen molar-refractivity contribution in [3.63, 3.8) is 0 Å². The topological polar surface area (TPSA) is 85.0 Å². The fourth-order valence-electron chi connectivity index (χ4n) is 1.28. The van der Waals surface area contributed by atoms with Gasteiger partial charge in [0.1, 0.15) is 6.07 Å². The Bertz CT molecular complexity index is 581. The highest BCUT2D eigenvalue weighted by Gasteiger charge is 2.23. The van der Waals surface area contributed by atoms with E-state index >= 15 is 0 Å². The molecule has 6 heteroatoms. The van der Waals surface area contributed by atoms with E-state index < -0.39 is 10.0 Å². The van der Waals surface area contributed by atoms with Crippen molar-refractivity contribution in [2.24, 2.45) is 0 Å². The van der Waals surface area contributed by atoms with Gasteiger partial charge < -0.3 is 0 Å². The van der Waals surface area contributed by atoms with E-state index in [1.807, 2.05) is 12.1 Å². The summed E-state index contributed by atoms with van der Waals surface area (Å²) in [5, 5.41) is 17.3. The summed E-state index contributed by atoms with van der Waals surface area (Å²) in [6.07, 6.45) is 0.116. The van der Waals surface area contributed by atoms with Gasteiger partial charge in [0, 0.05) is 20.0 Å². The SMILES string of the molecule is CN(CCC#N)S(=O)(=O)c1ccccc1C#N. The molecular formula is C11H11N3O2S. The fourth-order valence-corrected chi connectivity index (χ4v) is 2.59. The molecule has 1 rings (SSSR count). The van der Waals surface area contributed by atoms with Gasteiger partial charge in [0.25, 0.3) is 0 Å². The molecule has 0 unspecified atom stereocenters. The van der Waals surface area contributed by atoms with E-state index in [0.29, 0.717) is 0 Å². The van der Waals surface area contributed by atoms with Gasteiger partial charge in [0.15, 0.2) is 0 Å². The number of rotatable bonds is 4. The fraction of sp³-hybridized carbons (Fsp3) is 0.273. The molecule has 0 saturated heterocycles. The number of nitriles is 2. The first-order valence-electron chi connectivity index (χ1n) is 4.86. The van der Waals surface area contributed by atoms with E-state index in [2.05, 4.69) is 0 Å². The van der Waals surface area contributed by atoms with Crippen molar-refractivity contribution in [1.82, 2.24) is 4.31 Å². The lowest BCUT2D eigenvalue weighted by Gasteiger charge is -2.16. The quantitative estimate of drug-likeness (QED) is 0.799. The highest BCUT2D eigenvalue weighted by molar-refractivity contribution is 7.89. The van der Waals surface area contributed by atoms with Gasteiger partial charge in [0.2, 0.25) is 10.0 Å². The summed E-state index contributed by atoms with van der Waals surface area (Å²) in [6.45, 7) is 0.110. The molecule has 0 radical (unpaired) electrons. The van der Waals surface area contributed by atoms with E-state index in [9.17, 15) is 8.42 Å². The molecule has 0 aliphatic carbocycles. The molecule has 0 aromatic heterocycles. The van der Waals surface area contributed by atoms with Crippen LogP contribution >= 0.6 is 0 Å². The minimum atomic E-state index is -3.69. The maximum atomic E-state index is 12.1. The van der Waals surface area contributed by atoms with Crippen molar-refractivity contribution >= 4 is 10.0 Å². The molecule has 0 heterocycles. The summed E-state index contributed by atoms with van der Waals surface area (Å²) in [5.74, 6) is 0. The summed E-state index contributed by atoms with van der Waals surface area (Å²) in [4.78, 5) is -0.0251. The zero-order chi connectivity index (χ0) is 12.9. The van der Waals surface area contributed by atoms with E-state index in [0.717, 1.165) is 4.31 Å². The second kappa shape index (κ2) is 5.44. The van der Waals surface area contributed by atoms with Crippen molar-refractivity contribution in [2.45, 2.75) is 11.3 Å². The molecule has 0 atom stereocenters. The van der Waals surface area contributed by atoms with Gasteiger partial charge in [-0.3, -0.25) is 0 Å². The Morgan fingerprint density at radius 3 is 2.53 bits per heavy atom. The lowest BCUT2D eigenvalue weighted by atomic mass is 10.2. The summed E-state index contributed by atoms with van der Waals surface area (Å²) < 4.78 is 25.2. The van der Waals surface area contributed by atoms with Crippen molar-refractivity contribution in [1.29, 1.82) is 10.5 Å². The molecule has 0 bridgehead atoms. The monoisotopic (exact) mass is 249 g/mol. The molecule has 5 nitrogen and oxygen atoms in total. The van der Waals surface area contributed by atoms with Gasteiger partial charge in [-0.2, -0.15) is 14.8 Å². The molecule has 17 heavy (non-hydrogen) atoms. The van der Waals surface area contributed by atoms with E-state index in [1.165, 1.54) is 19.2 Å². The Labute approximate surface area is 101 Å². The third-order valence-electron chi connectivity index (χ3n) is 2.23. The Morgan fingerprint density at radius 1 is 1.29 bits per heavy atom. The second-order valence-electron chi connectivity index (χ2n) is 3.34. The number of hydrogen-bond donors (Lipinski definition) is 0. The van der Waals surface area contributed by atoms with Crippen LogP contribution in [0.1, 0.15) is 12.0 Å². The van der Waals surface area contributed by atoms with Gasteiger partial charge in [0.05, 0.1) is 16.5 Å². The van der Waals surface area contributed by atoms with Gasteiger partial charge in [-0.05, 0) is 12.1 Å².